The van der Waals surface area contributed by atoms with Crippen LogP contribution in [-0.2, 0) is 0 Å². The number of carbonyl (C=O) groups excluding carboxylic acids is 1. The minimum Gasteiger partial charge on any atom is -0.334 e. The molecule has 1 aliphatic rings. The van der Waals surface area contributed by atoms with Crippen LogP contribution in [0, 0.1) is 11.6 Å². The number of anilines is 1. The van der Waals surface area contributed by atoms with E-state index in [1.54, 1.807) is 30.8 Å². The number of rotatable bonds is 5. The normalized spacial score (nSPS) is 15.9. The van der Waals surface area contributed by atoms with Crippen molar-refractivity contribution in [3.8, 4) is 11.4 Å². The van der Waals surface area contributed by atoms with E-state index in [1.807, 2.05) is 30.5 Å². The largest absolute Gasteiger partial charge is 0.334 e. The third-order valence-corrected chi connectivity index (χ3v) is 6.50. The highest BCUT2D eigenvalue weighted by Crippen LogP contribution is 2.39. The number of aromatic nitrogens is 2. The van der Waals surface area contributed by atoms with Crippen molar-refractivity contribution < 1.29 is 18.1 Å². The third kappa shape index (κ3) is 4.42. The van der Waals surface area contributed by atoms with Crippen LogP contribution in [-0.4, -0.2) is 22.4 Å². The molecule has 6 nitrogen and oxygen atoms in total. The number of urea groups is 1. The van der Waals surface area contributed by atoms with Crippen LogP contribution in [0.1, 0.15) is 24.4 Å². The Hall–Kier alpha value is -3.98. The van der Waals surface area contributed by atoms with Gasteiger partial charge in [-0.2, -0.15) is 4.98 Å². The van der Waals surface area contributed by atoms with Crippen molar-refractivity contribution in [2.75, 3.05) is 11.2 Å². The average molecular weight is 491 g/mol. The monoisotopic (exact) mass is 490 g/mol. The Kier molecular flexibility index (Phi) is 6.08. The van der Waals surface area contributed by atoms with E-state index in [0.29, 0.717) is 22.5 Å². The summed E-state index contributed by atoms with van der Waals surface area (Å²) in [4.78, 5) is 20.3. The minimum atomic E-state index is -0.573. The molecule has 5 rings (SSSR count). The smallest absolute Gasteiger partial charge is 0.326 e. The molecule has 35 heavy (non-hydrogen) atoms. The van der Waals surface area contributed by atoms with Crippen LogP contribution in [0.15, 0.2) is 87.9 Å². The van der Waals surface area contributed by atoms with Crippen molar-refractivity contribution >= 4 is 29.1 Å². The topological polar surface area (TPSA) is 71.3 Å². The molecule has 1 atom stereocenters. The van der Waals surface area contributed by atoms with Gasteiger partial charge in [-0.25, -0.2) is 13.6 Å². The summed E-state index contributed by atoms with van der Waals surface area (Å²) in [5.41, 5.74) is 2.92. The number of allylic oxidation sites excluding steroid dienone is 1. The van der Waals surface area contributed by atoms with Crippen LogP contribution < -0.4 is 10.2 Å². The maximum atomic E-state index is 13.8. The maximum Gasteiger partial charge on any atom is 0.326 e. The second-order valence-electron chi connectivity index (χ2n) is 7.90. The molecule has 2 amide bonds. The zero-order valence-electron chi connectivity index (χ0n) is 18.8. The fourth-order valence-electron chi connectivity index (χ4n) is 4.05. The van der Waals surface area contributed by atoms with Gasteiger partial charge in [0.2, 0.25) is 5.82 Å². The molecule has 0 bridgehead atoms. The lowest BCUT2D eigenvalue weighted by Gasteiger charge is -2.35. The Morgan fingerprint density at radius 1 is 1.00 bits per heavy atom. The molecule has 0 aliphatic carbocycles. The van der Waals surface area contributed by atoms with Gasteiger partial charge in [-0.3, -0.25) is 4.90 Å². The van der Waals surface area contributed by atoms with Gasteiger partial charge in [-0.05, 0) is 67.3 Å². The molecular formula is C26H20F2N4O2S. The van der Waals surface area contributed by atoms with Crippen molar-refractivity contribution in [2.45, 2.75) is 17.9 Å². The van der Waals surface area contributed by atoms with Crippen LogP contribution >= 0.6 is 11.8 Å². The average Bonchev–Trinajstić information content (AvgIpc) is 3.35. The van der Waals surface area contributed by atoms with E-state index < -0.39 is 17.7 Å². The van der Waals surface area contributed by atoms with E-state index >= 15 is 0 Å². The molecule has 0 spiro atoms. The lowest BCUT2D eigenvalue weighted by Crippen LogP contribution is -2.46. The second kappa shape index (κ2) is 9.34. The Bertz CT molecular complexity index is 1420. The van der Waals surface area contributed by atoms with E-state index in [9.17, 15) is 13.6 Å². The summed E-state index contributed by atoms with van der Waals surface area (Å²) in [5.74, 6) is -0.408. The van der Waals surface area contributed by atoms with E-state index in [1.165, 1.54) is 41.3 Å². The Morgan fingerprint density at radius 2 is 1.74 bits per heavy atom. The molecule has 3 aromatic carbocycles. The highest BCUT2D eigenvalue weighted by atomic mass is 32.2. The van der Waals surface area contributed by atoms with Crippen LogP contribution in [0.25, 0.3) is 17.0 Å². The van der Waals surface area contributed by atoms with Gasteiger partial charge in [-0.15, -0.1) is 11.8 Å². The van der Waals surface area contributed by atoms with Crippen molar-refractivity contribution in [3.63, 3.8) is 0 Å². The summed E-state index contributed by atoms with van der Waals surface area (Å²) in [5, 5.41) is 7.06. The molecule has 0 saturated carbocycles. The summed E-state index contributed by atoms with van der Waals surface area (Å²) in [7, 11) is 0. The number of carbonyl (C=O) groups is 1. The van der Waals surface area contributed by atoms with Crippen molar-refractivity contribution in [1.82, 2.24) is 15.5 Å². The van der Waals surface area contributed by atoms with Crippen LogP contribution in [0.5, 0.6) is 0 Å². The molecule has 9 heteroatoms. The summed E-state index contributed by atoms with van der Waals surface area (Å²) in [6, 6.07) is 18.4. The SMILES string of the molecule is CSc1ccc(C2NC(=O)N(c3ccc(F)cc3)C(C)=C2c2nc(-c3cccc(F)c3)no2)cc1. The Balaban J connectivity index is 1.64. The Labute approximate surface area is 204 Å². The van der Waals surface area contributed by atoms with E-state index in [2.05, 4.69) is 15.5 Å². The fourth-order valence-corrected chi connectivity index (χ4v) is 4.45. The van der Waals surface area contributed by atoms with Gasteiger partial charge in [0.1, 0.15) is 11.6 Å². The zero-order valence-corrected chi connectivity index (χ0v) is 19.6. The minimum absolute atomic E-state index is 0.188. The number of halogens is 2. The molecular weight excluding hydrogens is 470 g/mol. The first-order valence-electron chi connectivity index (χ1n) is 10.8. The summed E-state index contributed by atoms with van der Waals surface area (Å²) >= 11 is 1.61. The van der Waals surface area contributed by atoms with E-state index in [0.717, 1.165) is 10.5 Å². The molecule has 1 aliphatic heterocycles. The molecule has 0 saturated heterocycles. The van der Waals surface area contributed by atoms with Gasteiger partial charge in [0, 0.05) is 16.2 Å². The number of nitrogens with zero attached hydrogens (tertiary/aromatic N) is 3. The molecule has 1 unspecified atom stereocenters. The predicted octanol–water partition coefficient (Wildman–Crippen LogP) is 6.44. The van der Waals surface area contributed by atoms with Crippen molar-refractivity contribution in [2.24, 2.45) is 0 Å². The maximum absolute atomic E-state index is 13.8. The zero-order chi connectivity index (χ0) is 24.5. The van der Waals surface area contributed by atoms with Gasteiger partial charge in [0.15, 0.2) is 0 Å². The van der Waals surface area contributed by atoms with E-state index in [4.69, 9.17) is 4.52 Å². The Morgan fingerprint density at radius 3 is 2.43 bits per heavy atom. The van der Waals surface area contributed by atoms with Gasteiger partial charge < -0.3 is 9.84 Å². The summed E-state index contributed by atoms with van der Waals surface area (Å²) in [6.07, 6.45) is 1.99. The molecule has 0 radical (unpaired) electrons. The number of hydrogen-bond acceptors (Lipinski definition) is 5. The first-order chi connectivity index (χ1) is 16.9. The number of amides is 2. The highest BCUT2D eigenvalue weighted by Gasteiger charge is 2.36. The quantitative estimate of drug-likeness (QED) is 0.326. The number of hydrogen-bond donors (Lipinski definition) is 1. The molecule has 2 heterocycles. The molecule has 4 aromatic rings. The number of thioether (sulfide) groups is 1. The number of nitrogens with one attached hydrogen (secondary N) is 1. The van der Waals surface area contributed by atoms with Crippen LogP contribution in [0.4, 0.5) is 19.3 Å². The van der Waals surface area contributed by atoms with E-state index in [-0.39, 0.29) is 17.7 Å². The second-order valence-corrected chi connectivity index (χ2v) is 8.78. The first kappa shape index (κ1) is 22.8. The van der Waals surface area contributed by atoms with Crippen LogP contribution in [0.3, 0.4) is 0 Å². The molecule has 1 aromatic heterocycles. The fraction of sp³-hybridized carbons (Fsp3) is 0.115. The number of benzene rings is 3. The third-order valence-electron chi connectivity index (χ3n) is 5.76. The van der Waals surface area contributed by atoms with Gasteiger partial charge in [0.25, 0.3) is 5.89 Å². The van der Waals surface area contributed by atoms with Gasteiger partial charge >= 0.3 is 6.03 Å². The lowest BCUT2D eigenvalue weighted by molar-refractivity contribution is 0.244. The molecule has 0 fully saturated rings. The standard InChI is InChI=1S/C26H20F2N4O2S/c1-15-22(25-30-24(31-34-25)17-4-3-5-19(28)14-17)23(16-6-12-21(35-2)13-7-16)29-26(33)32(15)20-10-8-18(27)9-11-20/h3-14,23H,1-2H3,(H,29,33). The van der Waals surface area contributed by atoms with Crippen molar-refractivity contribution in [1.29, 1.82) is 0 Å². The van der Waals surface area contributed by atoms with Gasteiger partial charge in [0.05, 0.1) is 17.3 Å². The molecule has 1 N–H and O–H groups in total. The van der Waals surface area contributed by atoms with Gasteiger partial charge in [-0.1, -0.05) is 29.4 Å². The summed E-state index contributed by atoms with van der Waals surface area (Å²) in [6.45, 7) is 1.77. The highest BCUT2D eigenvalue weighted by molar-refractivity contribution is 7.98. The molecule has 176 valence electrons. The predicted molar refractivity (Wildman–Crippen MR) is 131 cm³/mol. The van der Waals surface area contributed by atoms with Crippen molar-refractivity contribution in [3.05, 3.63) is 102 Å². The van der Waals surface area contributed by atoms with Crippen LogP contribution in [0.2, 0.25) is 0 Å². The summed E-state index contributed by atoms with van der Waals surface area (Å²) < 4.78 is 32.9. The lowest BCUT2D eigenvalue weighted by atomic mass is 9.94. The first-order valence-corrected chi connectivity index (χ1v) is 12.0.